The third-order valence-corrected chi connectivity index (χ3v) is 10.2. The molecule has 0 saturated heterocycles. The number of aromatic nitrogens is 8. The fourth-order valence-electron chi connectivity index (χ4n) is 5.15. The molecule has 4 aromatic carbocycles. The number of nitrogens with two attached hydrogens (primary N) is 3. The molecular weight excluding hydrogens is 942 g/mol. The smallest absolute Gasteiger partial charge is 0.264 e. The Morgan fingerprint density at radius 1 is 0.612 bits per heavy atom. The molecule has 8 rings (SSSR count). The number of ether oxygens (including phenoxy) is 2. The van der Waals surface area contributed by atoms with E-state index in [1.165, 1.54) is 36.4 Å². The monoisotopic (exact) mass is 978 g/mol. The number of sulfonamides is 2. The summed E-state index contributed by atoms with van der Waals surface area (Å²) in [6, 6.07) is 25.2. The summed E-state index contributed by atoms with van der Waals surface area (Å²) in [6.07, 6.45) is 1.99. The molecule has 4 heterocycles. The molecule has 0 fully saturated rings. The first-order valence-corrected chi connectivity index (χ1v) is 22.4. The van der Waals surface area contributed by atoms with Crippen LogP contribution in [0.1, 0.15) is 23.4 Å². The molecule has 0 aliphatic heterocycles. The van der Waals surface area contributed by atoms with Gasteiger partial charge in [-0.2, -0.15) is 19.9 Å². The molecule has 9 N–H and O–H groups in total. The number of nitrogens with zero attached hydrogens (tertiary/aromatic N) is 8. The van der Waals surface area contributed by atoms with E-state index < -0.39 is 31.7 Å². The molecule has 348 valence electrons. The van der Waals surface area contributed by atoms with Gasteiger partial charge in [0.2, 0.25) is 31.3 Å². The number of rotatable bonds is 14. The first kappa shape index (κ1) is 48.5. The first-order chi connectivity index (χ1) is 31.9. The Balaban J connectivity index is 0.000000188. The molecule has 4 aromatic heterocycles. The number of anilines is 7. The van der Waals surface area contributed by atoms with Gasteiger partial charge in [0.25, 0.3) is 11.8 Å². The van der Waals surface area contributed by atoms with Gasteiger partial charge in [0.15, 0.2) is 48.1 Å². The van der Waals surface area contributed by atoms with Crippen molar-refractivity contribution >= 4 is 72.0 Å². The number of aryl methyl sites for hydroxylation is 2. The Kier molecular flexibility index (Phi) is 15.8. The lowest BCUT2D eigenvalue weighted by Gasteiger charge is -2.11. The SMILES string of the molecule is Cc1noc(COc2ccc(Nc3nc(Cl)ncc3F)cc2)n1.Cc1noc(COc2ccc(Nc3nc(Nc4cccc(S(N)(=O)=O)c4)ncc3F)cc2)n1.Nc1cccc(S(N)(=O)=O)c1. The molecule has 8 aromatic rings. The number of benzene rings is 4. The maximum Gasteiger partial charge on any atom is 0.264 e. The first-order valence-electron chi connectivity index (χ1n) is 18.9. The lowest BCUT2D eigenvalue weighted by atomic mass is 10.3. The van der Waals surface area contributed by atoms with Crippen LogP contribution in [0.15, 0.2) is 128 Å². The number of hydrogen-bond acceptors (Lipinski definition) is 20. The van der Waals surface area contributed by atoms with Crippen molar-refractivity contribution in [3.63, 3.8) is 0 Å². The fourth-order valence-corrected chi connectivity index (χ4v) is 6.41. The summed E-state index contributed by atoms with van der Waals surface area (Å²) in [6.45, 7) is 3.73. The third kappa shape index (κ3) is 15.1. The molecule has 0 unspecified atom stereocenters. The molecule has 0 aliphatic rings. The summed E-state index contributed by atoms with van der Waals surface area (Å²) in [5.41, 5.74) is 7.27. The van der Waals surface area contributed by atoms with Crippen LogP contribution >= 0.6 is 11.6 Å². The highest BCUT2D eigenvalue weighted by atomic mass is 35.5. The maximum absolute atomic E-state index is 14.2. The average molecular weight is 979 g/mol. The number of nitrogen functional groups attached to an aromatic ring is 1. The van der Waals surface area contributed by atoms with E-state index in [1.807, 2.05) is 0 Å². The van der Waals surface area contributed by atoms with Crippen LogP contribution < -0.4 is 41.4 Å². The Morgan fingerprint density at radius 2 is 1.09 bits per heavy atom. The highest BCUT2D eigenvalue weighted by molar-refractivity contribution is 7.89. The predicted molar refractivity (Wildman–Crippen MR) is 238 cm³/mol. The quantitative estimate of drug-likeness (QED) is 0.0520. The van der Waals surface area contributed by atoms with Crippen LogP contribution in [-0.4, -0.2) is 57.1 Å². The van der Waals surface area contributed by atoms with Crippen LogP contribution in [0.5, 0.6) is 11.5 Å². The normalized spacial score (nSPS) is 11.0. The van der Waals surface area contributed by atoms with Gasteiger partial charge in [-0.1, -0.05) is 22.4 Å². The summed E-state index contributed by atoms with van der Waals surface area (Å²) in [7, 11) is -7.48. The van der Waals surface area contributed by atoms with Gasteiger partial charge in [0.1, 0.15) is 11.5 Å². The summed E-state index contributed by atoms with van der Waals surface area (Å²) >= 11 is 5.64. The van der Waals surface area contributed by atoms with Gasteiger partial charge in [-0.15, -0.1) is 0 Å². The van der Waals surface area contributed by atoms with Crippen LogP contribution in [0.4, 0.5) is 49.1 Å². The van der Waals surface area contributed by atoms with Crippen molar-refractivity contribution in [1.82, 2.24) is 40.2 Å². The van der Waals surface area contributed by atoms with Crippen molar-refractivity contribution in [3.8, 4) is 11.5 Å². The molecule has 0 spiro atoms. The Bertz CT molecular complexity index is 3170. The largest absolute Gasteiger partial charge is 0.484 e. The van der Waals surface area contributed by atoms with E-state index >= 15 is 0 Å². The summed E-state index contributed by atoms with van der Waals surface area (Å²) < 4.78 is 93.3. The fraction of sp³-hybridized carbons (Fsp3) is 0.100. The van der Waals surface area contributed by atoms with Gasteiger partial charge in [-0.05, 0) is 110 Å². The highest BCUT2D eigenvalue weighted by Gasteiger charge is 2.13. The summed E-state index contributed by atoms with van der Waals surface area (Å²) in [5, 5.41) is 25.8. The van der Waals surface area contributed by atoms with Gasteiger partial charge < -0.3 is 40.2 Å². The molecule has 67 heavy (non-hydrogen) atoms. The molecule has 27 heteroatoms. The minimum Gasteiger partial charge on any atom is -0.484 e. The summed E-state index contributed by atoms with van der Waals surface area (Å²) in [5.74, 6) is 1.68. The van der Waals surface area contributed by atoms with Crippen molar-refractivity contribution in [1.29, 1.82) is 0 Å². The highest BCUT2D eigenvalue weighted by Crippen LogP contribution is 2.25. The van der Waals surface area contributed by atoms with Gasteiger partial charge in [-0.3, -0.25) is 0 Å². The Labute approximate surface area is 385 Å². The van der Waals surface area contributed by atoms with Gasteiger partial charge in [0.05, 0.1) is 22.2 Å². The van der Waals surface area contributed by atoms with E-state index in [0.717, 1.165) is 12.4 Å². The van der Waals surface area contributed by atoms with E-state index in [0.29, 0.717) is 57.7 Å². The predicted octanol–water partition coefficient (Wildman–Crippen LogP) is 6.22. The molecule has 0 aliphatic carbocycles. The van der Waals surface area contributed by atoms with E-state index in [-0.39, 0.29) is 45.9 Å². The molecule has 0 bridgehead atoms. The van der Waals surface area contributed by atoms with Crippen molar-refractivity contribution in [3.05, 3.63) is 150 Å². The molecule has 22 nitrogen and oxygen atoms in total. The second kappa shape index (κ2) is 21.8. The van der Waals surface area contributed by atoms with E-state index in [9.17, 15) is 25.6 Å². The zero-order chi connectivity index (χ0) is 48.1. The average Bonchev–Trinajstić information content (AvgIpc) is 3.92. The van der Waals surface area contributed by atoms with Crippen LogP contribution in [0, 0.1) is 25.5 Å². The van der Waals surface area contributed by atoms with Crippen LogP contribution in [0.25, 0.3) is 0 Å². The zero-order valence-electron chi connectivity index (χ0n) is 34.8. The zero-order valence-corrected chi connectivity index (χ0v) is 37.2. The minimum atomic E-state index is -3.87. The van der Waals surface area contributed by atoms with Crippen molar-refractivity contribution < 1.29 is 44.1 Å². The molecule has 0 saturated carbocycles. The standard InChI is InChI=1S/C20H18FN7O4S.C14H11ClFN5O2.C6H8N2O2S/c1-12-24-18(32-28-12)11-31-15-7-5-13(6-8-15)25-19-17(21)10-23-20(27-19)26-14-3-2-4-16(9-14)33(22,29)30;1-8-18-12(23-21-8)7-22-10-4-2-9(3-5-10)19-13-11(16)6-17-14(15)20-13;7-5-2-1-3-6(4-5)11(8,9)10/h2-10H,11H2,1H3,(H2,22,29,30)(H2,23,25,26,27);2-6H,7H2,1H3,(H,17,19,20);1-4H,7H2,(H2,8,9,10). The minimum absolute atomic E-state index is 0.00000325. The molecule has 0 radical (unpaired) electrons. The number of halogens is 3. The van der Waals surface area contributed by atoms with Crippen LogP contribution in [-0.2, 0) is 33.3 Å². The Morgan fingerprint density at radius 3 is 1.55 bits per heavy atom. The van der Waals surface area contributed by atoms with Crippen LogP contribution in [0.3, 0.4) is 0 Å². The second-order valence-corrected chi connectivity index (χ2v) is 16.8. The molecule has 0 atom stereocenters. The number of primary sulfonamides is 2. The van der Waals surface area contributed by atoms with Gasteiger partial charge in [0, 0.05) is 22.7 Å². The van der Waals surface area contributed by atoms with Crippen molar-refractivity contribution in [2.45, 2.75) is 36.9 Å². The Hall–Kier alpha value is -7.91. The number of nitrogens with one attached hydrogen (secondary N) is 3. The van der Waals surface area contributed by atoms with E-state index in [2.05, 4.69) is 56.2 Å². The molecular formula is C40H37ClF2N14O8S2. The lowest BCUT2D eigenvalue weighted by Crippen LogP contribution is -2.12. The van der Waals surface area contributed by atoms with Crippen LogP contribution in [0.2, 0.25) is 5.28 Å². The van der Waals surface area contributed by atoms with Crippen molar-refractivity contribution in [2.24, 2.45) is 10.3 Å². The van der Waals surface area contributed by atoms with E-state index in [4.69, 9.17) is 46.1 Å². The number of hydrogen-bond donors (Lipinski definition) is 6. The second-order valence-electron chi connectivity index (χ2n) is 13.4. The summed E-state index contributed by atoms with van der Waals surface area (Å²) in [4.78, 5) is 23.4. The third-order valence-electron chi connectivity index (χ3n) is 8.16. The molecule has 0 amide bonds. The maximum atomic E-state index is 14.2. The van der Waals surface area contributed by atoms with Crippen molar-refractivity contribution in [2.75, 3.05) is 21.7 Å². The van der Waals surface area contributed by atoms with Gasteiger partial charge >= 0.3 is 0 Å². The topological polar surface area (TPSA) is 330 Å². The lowest BCUT2D eigenvalue weighted by molar-refractivity contribution is 0.242. The van der Waals surface area contributed by atoms with Gasteiger partial charge in [-0.25, -0.2) is 45.9 Å². The van der Waals surface area contributed by atoms with E-state index in [1.54, 1.807) is 74.5 Å².